The van der Waals surface area contributed by atoms with Gasteiger partial charge in [0.25, 0.3) is 5.91 Å². The number of hydrogen-bond donors (Lipinski definition) is 2. The van der Waals surface area contributed by atoms with Gasteiger partial charge in [0.1, 0.15) is 11.7 Å². The highest BCUT2D eigenvalue weighted by Gasteiger charge is 2.42. The van der Waals surface area contributed by atoms with Gasteiger partial charge in [-0.15, -0.1) is 0 Å². The summed E-state index contributed by atoms with van der Waals surface area (Å²) >= 11 is 5.73. The molecule has 4 rings (SSSR count). The number of ether oxygens (including phenoxy) is 1. The summed E-state index contributed by atoms with van der Waals surface area (Å²) in [6.07, 6.45) is 2.33. The molecule has 1 aliphatic rings. The SMILES string of the molecule is CC(NC(=O)C1(C=NC(=O)c2cncnc2)CCOC1)c1ccc(Nc2ccc(Cl)cc2C(F)(F)F)cn1. The van der Waals surface area contributed by atoms with Crippen molar-refractivity contribution >= 4 is 41.0 Å². The third-order valence-corrected chi connectivity index (χ3v) is 6.12. The topological polar surface area (TPSA) is 118 Å². The van der Waals surface area contributed by atoms with Crippen LogP contribution in [0.5, 0.6) is 0 Å². The van der Waals surface area contributed by atoms with Crippen LogP contribution in [-0.2, 0) is 15.7 Å². The Hall–Kier alpha value is -3.90. The van der Waals surface area contributed by atoms with Gasteiger partial charge < -0.3 is 15.4 Å². The number of halogens is 4. The van der Waals surface area contributed by atoms with Crippen LogP contribution in [-0.4, -0.2) is 46.2 Å². The fraction of sp³-hybridized carbons (Fsp3) is 0.280. The molecule has 1 aromatic carbocycles. The van der Waals surface area contributed by atoms with Crippen molar-refractivity contribution in [2.24, 2.45) is 10.4 Å². The second-order valence-corrected chi connectivity index (χ2v) is 9.07. The molecule has 0 bridgehead atoms. The van der Waals surface area contributed by atoms with E-state index in [1.165, 1.54) is 43.3 Å². The van der Waals surface area contributed by atoms with Crippen molar-refractivity contribution in [2.45, 2.75) is 25.6 Å². The van der Waals surface area contributed by atoms with Crippen LogP contribution in [0, 0.1) is 5.41 Å². The molecule has 13 heteroatoms. The minimum atomic E-state index is -4.60. The normalized spacial score (nSPS) is 18.3. The fourth-order valence-corrected chi connectivity index (χ4v) is 3.92. The van der Waals surface area contributed by atoms with E-state index in [4.69, 9.17) is 16.3 Å². The van der Waals surface area contributed by atoms with Crippen molar-refractivity contribution < 1.29 is 27.5 Å². The summed E-state index contributed by atoms with van der Waals surface area (Å²) in [5, 5.41) is 5.52. The maximum absolute atomic E-state index is 13.4. The van der Waals surface area contributed by atoms with Gasteiger partial charge >= 0.3 is 6.18 Å². The van der Waals surface area contributed by atoms with E-state index in [1.54, 1.807) is 19.1 Å². The van der Waals surface area contributed by atoms with Crippen LogP contribution in [0.4, 0.5) is 24.5 Å². The summed E-state index contributed by atoms with van der Waals surface area (Å²) in [5.41, 5.74) is -1.25. The van der Waals surface area contributed by atoms with E-state index < -0.39 is 35.0 Å². The van der Waals surface area contributed by atoms with Crippen LogP contribution in [0.15, 0.2) is 60.2 Å². The van der Waals surface area contributed by atoms with Crippen molar-refractivity contribution in [1.29, 1.82) is 0 Å². The van der Waals surface area contributed by atoms with Crippen LogP contribution in [0.25, 0.3) is 0 Å². The van der Waals surface area contributed by atoms with Crippen molar-refractivity contribution in [3.63, 3.8) is 0 Å². The minimum Gasteiger partial charge on any atom is -0.380 e. The van der Waals surface area contributed by atoms with Gasteiger partial charge in [0.2, 0.25) is 5.91 Å². The van der Waals surface area contributed by atoms with E-state index >= 15 is 0 Å². The lowest BCUT2D eigenvalue weighted by molar-refractivity contribution is -0.137. The third-order valence-electron chi connectivity index (χ3n) is 5.88. The third kappa shape index (κ3) is 6.32. The number of pyridine rings is 1. The van der Waals surface area contributed by atoms with Gasteiger partial charge in [-0.2, -0.15) is 13.2 Å². The molecule has 198 valence electrons. The number of alkyl halides is 3. The summed E-state index contributed by atoms with van der Waals surface area (Å²) in [6.45, 7) is 2.08. The van der Waals surface area contributed by atoms with Crippen LogP contribution in [0.2, 0.25) is 5.02 Å². The van der Waals surface area contributed by atoms with Gasteiger partial charge in [-0.3, -0.25) is 14.6 Å². The first-order valence-corrected chi connectivity index (χ1v) is 11.8. The van der Waals surface area contributed by atoms with E-state index in [0.717, 1.165) is 6.07 Å². The van der Waals surface area contributed by atoms with E-state index in [-0.39, 0.29) is 22.9 Å². The molecule has 9 nitrogen and oxygen atoms in total. The number of aliphatic imine (C=N–C) groups is 1. The molecule has 1 saturated heterocycles. The van der Waals surface area contributed by atoms with Gasteiger partial charge in [0.05, 0.1) is 47.0 Å². The van der Waals surface area contributed by atoms with Gasteiger partial charge in [0.15, 0.2) is 0 Å². The van der Waals surface area contributed by atoms with Gasteiger partial charge in [-0.05, 0) is 43.7 Å². The standard InChI is InChI=1S/C25H22ClF3N6O3/c1-15(20-5-3-18(11-32-20)35-21-4-2-17(26)8-19(21)25(27,28)29)34-23(37)24(6-7-38-13-24)12-33-22(36)16-9-30-14-31-10-16/h2-5,8-12,14-15,35H,6-7,13H2,1H3,(H,34,37). The predicted molar refractivity (Wildman–Crippen MR) is 133 cm³/mol. The predicted octanol–water partition coefficient (Wildman–Crippen LogP) is 4.78. The number of benzene rings is 1. The zero-order chi connectivity index (χ0) is 27.3. The Morgan fingerprint density at radius 1 is 1.18 bits per heavy atom. The molecular formula is C25H22ClF3N6O3. The Kier molecular flexibility index (Phi) is 8.02. The minimum absolute atomic E-state index is 0.0326. The molecule has 0 spiro atoms. The Labute approximate surface area is 220 Å². The zero-order valence-electron chi connectivity index (χ0n) is 20.0. The van der Waals surface area contributed by atoms with E-state index in [9.17, 15) is 22.8 Å². The summed E-state index contributed by atoms with van der Waals surface area (Å²) in [7, 11) is 0. The maximum Gasteiger partial charge on any atom is 0.418 e. The molecule has 2 unspecified atom stereocenters. The molecule has 0 saturated carbocycles. The van der Waals surface area contributed by atoms with E-state index in [2.05, 4.69) is 30.6 Å². The second kappa shape index (κ2) is 11.2. The Morgan fingerprint density at radius 2 is 1.95 bits per heavy atom. The van der Waals surface area contributed by atoms with Crippen molar-refractivity contribution in [2.75, 3.05) is 18.5 Å². The number of rotatable bonds is 7. The highest BCUT2D eigenvalue weighted by atomic mass is 35.5. The highest BCUT2D eigenvalue weighted by Crippen LogP contribution is 2.37. The molecule has 2 atom stereocenters. The highest BCUT2D eigenvalue weighted by molar-refractivity contribution is 6.30. The first-order valence-electron chi connectivity index (χ1n) is 11.4. The number of carbonyl (C=O) groups is 2. The molecule has 1 fully saturated rings. The molecule has 0 aliphatic carbocycles. The summed E-state index contributed by atoms with van der Waals surface area (Å²) < 4.78 is 45.5. The van der Waals surface area contributed by atoms with Crippen LogP contribution in [0.3, 0.4) is 0 Å². The molecule has 0 radical (unpaired) electrons. The molecule has 38 heavy (non-hydrogen) atoms. The molecule has 2 N–H and O–H groups in total. The van der Waals surface area contributed by atoms with Crippen LogP contribution >= 0.6 is 11.6 Å². The number of hydrogen-bond acceptors (Lipinski definition) is 7. The average molecular weight is 547 g/mol. The molecule has 3 heterocycles. The van der Waals surface area contributed by atoms with E-state index in [0.29, 0.717) is 24.4 Å². The van der Waals surface area contributed by atoms with Gasteiger partial charge in [-0.1, -0.05) is 11.6 Å². The largest absolute Gasteiger partial charge is 0.418 e. The molecule has 2 aromatic heterocycles. The summed E-state index contributed by atoms with van der Waals surface area (Å²) in [6, 6.07) is 6.02. The summed E-state index contributed by atoms with van der Waals surface area (Å²) in [5.74, 6) is -0.986. The number of nitrogens with zero attached hydrogens (tertiary/aromatic N) is 4. The zero-order valence-corrected chi connectivity index (χ0v) is 20.8. The smallest absolute Gasteiger partial charge is 0.380 e. The van der Waals surface area contributed by atoms with Crippen molar-refractivity contribution in [3.05, 3.63) is 77.1 Å². The average Bonchev–Trinajstić information content (AvgIpc) is 3.39. The number of anilines is 2. The first-order chi connectivity index (χ1) is 18.1. The monoisotopic (exact) mass is 546 g/mol. The lowest BCUT2D eigenvalue weighted by atomic mass is 9.87. The molecular weight excluding hydrogens is 525 g/mol. The summed E-state index contributed by atoms with van der Waals surface area (Å²) in [4.78, 5) is 41.3. The van der Waals surface area contributed by atoms with E-state index in [1.807, 2.05) is 0 Å². The first kappa shape index (κ1) is 27.1. The van der Waals surface area contributed by atoms with Crippen LogP contribution in [0.1, 0.15) is 41.0 Å². The lowest BCUT2D eigenvalue weighted by Crippen LogP contribution is -2.44. The Balaban J connectivity index is 1.44. The number of nitrogens with one attached hydrogen (secondary N) is 2. The Bertz CT molecular complexity index is 1330. The Morgan fingerprint density at radius 3 is 2.58 bits per heavy atom. The van der Waals surface area contributed by atoms with Gasteiger partial charge in [-0.25, -0.2) is 15.0 Å². The number of aromatic nitrogens is 3. The van der Waals surface area contributed by atoms with Crippen LogP contribution < -0.4 is 10.6 Å². The van der Waals surface area contributed by atoms with Crippen molar-refractivity contribution in [1.82, 2.24) is 20.3 Å². The molecule has 2 amide bonds. The lowest BCUT2D eigenvalue weighted by Gasteiger charge is -2.24. The van der Waals surface area contributed by atoms with Crippen molar-refractivity contribution in [3.8, 4) is 0 Å². The molecule has 3 aromatic rings. The quantitative estimate of drug-likeness (QED) is 0.409. The van der Waals surface area contributed by atoms with Gasteiger partial charge in [0, 0.05) is 30.2 Å². The number of amides is 2. The second-order valence-electron chi connectivity index (χ2n) is 8.63. The molecule has 1 aliphatic heterocycles. The maximum atomic E-state index is 13.4. The number of carbonyl (C=O) groups excluding carboxylic acids is 2. The fourth-order valence-electron chi connectivity index (χ4n) is 3.75.